The SMILES string of the molecule is CCCC1CCCN(C(=O)CCC(=O)N2CCOc3ccccc32)CC1. The first-order valence-corrected chi connectivity index (χ1v) is 9.99. The fraction of sp³-hybridized carbons (Fsp3) is 0.619. The number of anilines is 1. The molecular weight excluding hydrogens is 328 g/mol. The van der Waals surface area contributed by atoms with Crippen LogP contribution >= 0.6 is 0 Å². The zero-order chi connectivity index (χ0) is 18.4. The molecule has 5 nitrogen and oxygen atoms in total. The van der Waals surface area contributed by atoms with Crippen molar-refractivity contribution >= 4 is 17.5 Å². The third kappa shape index (κ3) is 4.57. The third-order valence-corrected chi connectivity index (χ3v) is 5.48. The molecule has 2 aliphatic rings. The highest BCUT2D eigenvalue weighted by molar-refractivity contribution is 5.97. The molecule has 0 aliphatic carbocycles. The molecule has 142 valence electrons. The van der Waals surface area contributed by atoms with Gasteiger partial charge in [-0.25, -0.2) is 0 Å². The van der Waals surface area contributed by atoms with Crippen LogP contribution in [0.2, 0.25) is 0 Å². The zero-order valence-corrected chi connectivity index (χ0v) is 15.8. The van der Waals surface area contributed by atoms with Gasteiger partial charge in [0.25, 0.3) is 0 Å². The van der Waals surface area contributed by atoms with Crippen LogP contribution in [0.1, 0.15) is 51.9 Å². The van der Waals surface area contributed by atoms with E-state index >= 15 is 0 Å². The molecule has 0 saturated carbocycles. The molecule has 0 aromatic heterocycles. The summed E-state index contributed by atoms with van der Waals surface area (Å²) in [6, 6.07) is 7.59. The minimum atomic E-state index is 0.00721. The van der Waals surface area contributed by atoms with Gasteiger partial charge in [0.15, 0.2) is 0 Å². The summed E-state index contributed by atoms with van der Waals surface area (Å²) < 4.78 is 5.60. The lowest BCUT2D eigenvalue weighted by Gasteiger charge is -2.29. The van der Waals surface area contributed by atoms with E-state index in [1.165, 1.54) is 19.3 Å². The van der Waals surface area contributed by atoms with Gasteiger partial charge in [0.05, 0.1) is 12.2 Å². The average molecular weight is 358 g/mol. The van der Waals surface area contributed by atoms with Gasteiger partial charge in [0, 0.05) is 25.9 Å². The number of hydrogen-bond donors (Lipinski definition) is 0. The zero-order valence-electron chi connectivity index (χ0n) is 15.8. The Morgan fingerprint density at radius 3 is 2.73 bits per heavy atom. The predicted octanol–water partition coefficient (Wildman–Crippen LogP) is 3.62. The molecule has 3 rings (SSSR count). The van der Waals surface area contributed by atoms with Crippen molar-refractivity contribution in [1.82, 2.24) is 4.90 Å². The summed E-state index contributed by atoms with van der Waals surface area (Å²) in [4.78, 5) is 29.0. The lowest BCUT2D eigenvalue weighted by atomic mass is 9.96. The Kier molecular flexibility index (Phi) is 6.53. The van der Waals surface area contributed by atoms with E-state index in [4.69, 9.17) is 4.74 Å². The fourth-order valence-corrected chi connectivity index (χ4v) is 4.05. The largest absolute Gasteiger partial charge is 0.490 e. The number of rotatable bonds is 5. The van der Waals surface area contributed by atoms with Crippen molar-refractivity contribution in [2.45, 2.75) is 51.9 Å². The Balaban J connectivity index is 1.51. The van der Waals surface area contributed by atoms with Crippen molar-refractivity contribution in [3.8, 4) is 5.75 Å². The van der Waals surface area contributed by atoms with Crippen molar-refractivity contribution in [3.05, 3.63) is 24.3 Å². The van der Waals surface area contributed by atoms with Crippen LogP contribution in [0, 0.1) is 5.92 Å². The van der Waals surface area contributed by atoms with Gasteiger partial charge in [-0.3, -0.25) is 9.59 Å². The summed E-state index contributed by atoms with van der Waals surface area (Å²) in [5.74, 6) is 1.63. The lowest BCUT2D eigenvalue weighted by molar-refractivity contribution is -0.133. The molecule has 1 atom stereocenters. The summed E-state index contributed by atoms with van der Waals surface area (Å²) in [6.45, 7) is 4.96. The molecule has 1 aromatic carbocycles. The molecule has 1 fully saturated rings. The van der Waals surface area contributed by atoms with E-state index in [1.807, 2.05) is 29.2 Å². The number of carbonyl (C=O) groups is 2. The molecular formula is C21H30N2O3. The van der Waals surface area contributed by atoms with Gasteiger partial charge in [0.1, 0.15) is 12.4 Å². The molecule has 0 bridgehead atoms. The maximum atomic E-state index is 12.7. The quantitative estimate of drug-likeness (QED) is 0.808. The Bertz CT molecular complexity index is 631. The van der Waals surface area contributed by atoms with Crippen molar-refractivity contribution in [3.63, 3.8) is 0 Å². The first-order chi connectivity index (χ1) is 12.7. The van der Waals surface area contributed by atoms with E-state index in [1.54, 1.807) is 4.90 Å². The van der Waals surface area contributed by atoms with Crippen molar-refractivity contribution in [2.75, 3.05) is 31.1 Å². The first-order valence-electron chi connectivity index (χ1n) is 9.99. The number of ether oxygens (including phenoxy) is 1. The van der Waals surface area contributed by atoms with Crippen LogP contribution in [0.3, 0.4) is 0 Å². The van der Waals surface area contributed by atoms with Gasteiger partial charge in [0.2, 0.25) is 11.8 Å². The van der Waals surface area contributed by atoms with E-state index in [0.29, 0.717) is 19.6 Å². The minimum absolute atomic E-state index is 0.00721. The van der Waals surface area contributed by atoms with Crippen LogP contribution in [-0.2, 0) is 9.59 Å². The van der Waals surface area contributed by atoms with Gasteiger partial charge in [-0.1, -0.05) is 31.9 Å². The molecule has 2 heterocycles. The van der Waals surface area contributed by atoms with Crippen molar-refractivity contribution < 1.29 is 14.3 Å². The number of benzene rings is 1. The third-order valence-electron chi connectivity index (χ3n) is 5.48. The standard InChI is InChI=1S/C21H30N2O3/c1-2-6-17-7-5-13-22(14-12-17)20(24)10-11-21(25)23-15-16-26-19-9-4-3-8-18(19)23/h3-4,8-9,17H,2,5-7,10-16H2,1H3. The van der Waals surface area contributed by atoms with E-state index < -0.39 is 0 Å². The number of likely N-dealkylation sites (tertiary alicyclic amines) is 1. The monoisotopic (exact) mass is 358 g/mol. The maximum absolute atomic E-state index is 12.7. The fourth-order valence-electron chi connectivity index (χ4n) is 4.05. The average Bonchev–Trinajstić information content (AvgIpc) is 2.91. The molecule has 0 N–H and O–H groups in total. The smallest absolute Gasteiger partial charge is 0.227 e. The van der Waals surface area contributed by atoms with Gasteiger partial charge >= 0.3 is 0 Å². The van der Waals surface area contributed by atoms with Crippen molar-refractivity contribution in [1.29, 1.82) is 0 Å². The van der Waals surface area contributed by atoms with Gasteiger partial charge in [-0.2, -0.15) is 0 Å². The molecule has 5 heteroatoms. The van der Waals surface area contributed by atoms with Crippen LogP contribution < -0.4 is 9.64 Å². The second-order valence-corrected chi connectivity index (χ2v) is 7.33. The number of fused-ring (bicyclic) bond motifs is 1. The molecule has 26 heavy (non-hydrogen) atoms. The molecule has 0 radical (unpaired) electrons. The Morgan fingerprint density at radius 2 is 1.88 bits per heavy atom. The highest BCUT2D eigenvalue weighted by Gasteiger charge is 2.25. The van der Waals surface area contributed by atoms with Crippen LogP contribution in [0.4, 0.5) is 5.69 Å². The van der Waals surface area contributed by atoms with Crippen LogP contribution in [0.15, 0.2) is 24.3 Å². The minimum Gasteiger partial charge on any atom is -0.490 e. The molecule has 0 spiro atoms. The van der Waals surface area contributed by atoms with Gasteiger partial charge < -0.3 is 14.5 Å². The Hall–Kier alpha value is -2.04. The molecule has 2 aliphatic heterocycles. The van der Waals surface area contributed by atoms with E-state index in [9.17, 15) is 9.59 Å². The topological polar surface area (TPSA) is 49.9 Å². The second kappa shape index (κ2) is 9.06. The summed E-state index contributed by atoms with van der Waals surface area (Å²) in [5, 5.41) is 0. The summed E-state index contributed by atoms with van der Waals surface area (Å²) >= 11 is 0. The summed E-state index contributed by atoms with van der Waals surface area (Å²) in [7, 11) is 0. The molecule has 1 saturated heterocycles. The molecule has 1 aromatic rings. The summed E-state index contributed by atoms with van der Waals surface area (Å²) in [6.07, 6.45) is 6.45. The molecule has 2 amide bonds. The highest BCUT2D eigenvalue weighted by Crippen LogP contribution is 2.31. The van der Waals surface area contributed by atoms with Gasteiger partial charge in [-0.15, -0.1) is 0 Å². The maximum Gasteiger partial charge on any atom is 0.227 e. The number of amides is 2. The van der Waals surface area contributed by atoms with Crippen LogP contribution in [-0.4, -0.2) is 43.0 Å². The summed E-state index contributed by atoms with van der Waals surface area (Å²) in [5.41, 5.74) is 0.813. The first kappa shape index (κ1) is 18.7. The van der Waals surface area contributed by atoms with Crippen LogP contribution in [0.25, 0.3) is 0 Å². The number of carbonyl (C=O) groups excluding carboxylic acids is 2. The second-order valence-electron chi connectivity index (χ2n) is 7.33. The number of para-hydroxylation sites is 2. The van der Waals surface area contributed by atoms with Crippen LogP contribution in [0.5, 0.6) is 5.75 Å². The highest BCUT2D eigenvalue weighted by atomic mass is 16.5. The Morgan fingerprint density at radius 1 is 1.08 bits per heavy atom. The van der Waals surface area contributed by atoms with Crippen molar-refractivity contribution in [2.24, 2.45) is 5.92 Å². The number of nitrogens with zero attached hydrogens (tertiary/aromatic N) is 2. The lowest BCUT2D eigenvalue weighted by Crippen LogP contribution is -2.39. The van der Waals surface area contributed by atoms with E-state index in [2.05, 4.69) is 6.92 Å². The number of hydrogen-bond acceptors (Lipinski definition) is 3. The van der Waals surface area contributed by atoms with Gasteiger partial charge in [-0.05, 0) is 37.3 Å². The normalized spacial score (nSPS) is 20.1. The predicted molar refractivity (Wildman–Crippen MR) is 102 cm³/mol. The molecule has 1 unspecified atom stereocenters. The van der Waals surface area contributed by atoms with E-state index in [-0.39, 0.29) is 18.2 Å². The van der Waals surface area contributed by atoms with E-state index in [0.717, 1.165) is 43.3 Å². The Labute approximate surface area is 156 Å².